The smallest absolute Gasteiger partial charge is 0.134 e. The van der Waals surface area contributed by atoms with Crippen molar-refractivity contribution in [2.24, 2.45) is 0 Å². The molecule has 0 spiro atoms. The molecule has 0 radical (unpaired) electrons. The molecule has 0 atom stereocenters. The Labute approximate surface area is 162 Å². The molecule has 2 fully saturated rings. The lowest BCUT2D eigenvalue weighted by molar-refractivity contribution is 0.461. The predicted molar refractivity (Wildman–Crippen MR) is 113 cm³/mol. The van der Waals surface area contributed by atoms with Gasteiger partial charge in [-0.15, -0.1) is 0 Å². The number of nitrogens with one attached hydrogen (secondary N) is 1. The molecule has 1 aliphatic carbocycles. The van der Waals surface area contributed by atoms with Crippen LogP contribution in [0.3, 0.4) is 0 Å². The van der Waals surface area contributed by atoms with E-state index < -0.39 is 0 Å². The lowest BCUT2D eigenvalue weighted by atomic mass is 9.95. The van der Waals surface area contributed by atoms with Crippen LogP contribution in [-0.2, 0) is 0 Å². The maximum absolute atomic E-state index is 4.72. The van der Waals surface area contributed by atoms with Crippen LogP contribution in [0.1, 0.15) is 43.5 Å². The zero-order valence-corrected chi connectivity index (χ0v) is 16.6. The molecule has 1 aromatic carbocycles. The normalized spacial score (nSPS) is 18.6. The zero-order chi connectivity index (χ0) is 18.6. The summed E-state index contributed by atoms with van der Waals surface area (Å²) in [5, 5.41) is 3.65. The fraction of sp³-hybridized carbons (Fsp3) is 0.545. The average molecular weight is 366 g/mol. The molecule has 1 aliphatic heterocycles. The summed E-state index contributed by atoms with van der Waals surface area (Å²) in [6.45, 7) is 8.19. The molecular weight excluding hydrogens is 334 g/mol. The summed E-state index contributed by atoms with van der Waals surface area (Å²) in [7, 11) is 0. The van der Waals surface area contributed by atoms with E-state index in [1.165, 1.54) is 43.4 Å². The molecule has 2 aliphatic rings. The van der Waals surface area contributed by atoms with Crippen molar-refractivity contribution < 1.29 is 0 Å². The minimum Gasteiger partial charge on any atom is -0.368 e. The highest BCUT2D eigenvalue weighted by Gasteiger charge is 2.20. The maximum atomic E-state index is 4.72. The Kier molecular flexibility index (Phi) is 5.46. The fourth-order valence-corrected chi connectivity index (χ4v) is 4.26. The lowest BCUT2D eigenvalue weighted by Crippen LogP contribution is -2.47. The van der Waals surface area contributed by atoms with Crippen LogP contribution in [0.15, 0.2) is 30.3 Å². The summed E-state index contributed by atoms with van der Waals surface area (Å²) < 4.78 is 0. The van der Waals surface area contributed by atoms with Gasteiger partial charge in [-0.2, -0.15) is 0 Å². The molecule has 0 amide bonds. The highest BCUT2D eigenvalue weighted by Crippen LogP contribution is 2.24. The van der Waals surface area contributed by atoms with E-state index in [2.05, 4.69) is 57.4 Å². The van der Waals surface area contributed by atoms with Crippen LogP contribution in [0.25, 0.3) is 0 Å². The van der Waals surface area contributed by atoms with Crippen molar-refractivity contribution in [2.75, 3.05) is 41.3 Å². The van der Waals surface area contributed by atoms with Crippen molar-refractivity contribution in [1.82, 2.24) is 9.97 Å². The number of hydrogen-bond acceptors (Lipinski definition) is 5. The predicted octanol–water partition coefficient (Wildman–Crippen LogP) is 4.16. The second-order valence-electron chi connectivity index (χ2n) is 7.95. The van der Waals surface area contributed by atoms with E-state index in [1.54, 1.807) is 0 Å². The van der Waals surface area contributed by atoms with Gasteiger partial charge in [0.05, 0.1) is 0 Å². The number of benzene rings is 1. The van der Waals surface area contributed by atoms with Crippen LogP contribution in [0.4, 0.5) is 17.3 Å². The van der Waals surface area contributed by atoms with Gasteiger partial charge in [-0.1, -0.05) is 31.4 Å². The summed E-state index contributed by atoms with van der Waals surface area (Å²) in [5.41, 5.74) is 2.65. The van der Waals surface area contributed by atoms with Crippen LogP contribution >= 0.6 is 0 Å². The van der Waals surface area contributed by atoms with Crippen molar-refractivity contribution >= 4 is 17.3 Å². The van der Waals surface area contributed by atoms with Crippen molar-refractivity contribution in [3.05, 3.63) is 41.7 Å². The molecule has 1 N–H and O–H groups in total. The van der Waals surface area contributed by atoms with Gasteiger partial charge in [-0.25, -0.2) is 9.97 Å². The quantitative estimate of drug-likeness (QED) is 0.881. The second-order valence-corrected chi connectivity index (χ2v) is 7.95. The van der Waals surface area contributed by atoms with Gasteiger partial charge in [0.15, 0.2) is 0 Å². The third-order valence-corrected chi connectivity index (χ3v) is 5.75. The van der Waals surface area contributed by atoms with Gasteiger partial charge in [0.1, 0.15) is 17.5 Å². The van der Waals surface area contributed by atoms with Crippen molar-refractivity contribution in [1.29, 1.82) is 0 Å². The van der Waals surface area contributed by atoms with Gasteiger partial charge in [-0.05, 0) is 44.4 Å². The minimum absolute atomic E-state index is 0.569. The van der Waals surface area contributed by atoms with Gasteiger partial charge >= 0.3 is 0 Å². The van der Waals surface area contributed by atoms with Crippen LogP contribution in [0.2, 0.25) is 0 Å². The van der Waals surface area contributed by atoms with Crippen LogP contribution in [0, 0.1) is 13.8 Å². The Balaban J connectivity index is 1.41. The molecule has 144 valence electrons. The number of hydrogen-bond donors (Lipinski definition) is 1. The first kappa shape index (κ1) is 18.1. The fourth-order valence-electron chi connectivity index (χ4n) is 4.26. The number of aromatic nitrogens is 2. The van der Waals surface area contributed by atoms with Gasteiger partial charge in [-0.3, -0.25) is 0 Å². The summed E-state index contributed by atoms with van der Waals surface area (Å²) in [4.78, 5) is 14.2. The number of piperazine rings is 1. The number of anilines is 3. The first-order chi connectivity index (χ1) is 13.2. The average Bonchev–Trinajstić information content (AvgIpc) is 2.68. The largest absolute Gasteiger partial charge is 0.368 e. The SMILES string of the molecule is Cc1cccc(N2CCN(c3cc(NC4CCCCC4)nc(C)n3)CC2)c1. The monoisotopic (exact) mass is 365 g/mol. The molecule has 0 unspecified atom stereocenters. The number of rotatable bonds is 4. The van der Waals surface area contributed by atoms with E-state index in [4.69, 9.17) is 4.98 Å². The highest BCUT2D eigenvalue weighted by atomic mass is 15.3. The molecule has 1 saturated carbocycles. The summed E-state index contributed by atoms with van der Waals surface area (Å²) in [6, 6.07) is 11.5. The summed E-state index contributed by atoms with van der Waals surface area (Å²) in [6.07, 6.45) is 6.55. The Morgan fingerprint density at radius 2 is 1.63 bits per heavy atom. The van der Waals surface area contributed by atoms with Crippen LogP contribution in [0.5, 0.6) is 0 Å². The molecule has 2 heterocycles. The molecule has 5 nitrogen and oxygen atoms in total. The topological polar surface area (TPSA) is 44.3 Å². The van der Waals surface area contributed by atoms with E-state index in [9.17, 15) is 0 Å². The van der Waals surface area contributed by atoms with Crippen molar-refractivity contribution in [2.45, 2.75) is 52.0 Å². The molecule has 27 heavy (non-hydrogen) atoms. The maximum Gasteiger partial charge on any atom is 0.134 e. The molecule has 4 rings (SSSR count). The second kappa shape index (κ2) is 8.15. The van der Waals surface area contributed by atoms with Gasteiger partial charge in [0.25, 0.3) is 0 Å². The Hall–Kier alpha value is -2.30. The molecule has 2 aromatic rings. The molecule has 1 saturated heterocycles. The van der Waals surface area contributed by atoms with Gasteiger partial charge in [0, 0.05) is 44.0 Å². The highest BCUT2D eigenvalue weighted by molar-refractivity contribution is 5.53. The van der Waals surface area contributed by atoms with Crippen molar-refractivity contribution in [3.63, 3.8) is 0 Å². The molecular formula is C22H31N5. The van der Waals surface area contributed by atoms with E-state index >= 15 is 0 Å². The first-order valence-corrected chi connectivity index (χ1v) is 10.4. The number of aryl methyl sites for hydroxylation is 2. The van der Waals surface area contributed by atoms with Gasteiger partial charge < -0.3 is 15.1 Å². The minimum atomic E-state index is 0.569. The van der Waals surface area contributed by atoms with E-state index in [1.807, 2.05) is 6.92 Å². The van der Waals surface area contributed by atoms with E-state index in [-0.39, 0.29) is 0 Å². The zero-order valence-electron chi connectivity index (χ0n) is 16.6. The summed E-state index contributed by atoms with van der Waals surface area (Å²) in [5.74, 6) is 2.90. The van der Waals surface area contributed by atoms with Crippen LogP contribution in [-0.4, -0.2) is 42.2 Å². The Bertz CT molecular complexity index is 761. The summed E-state index contributed by atoms with van der Waals surface area (Å²) >= 11 is 0. The van der Waals surface area contributed by atoms with E-state index in [0.717, 1.165) is 43.6 Å². The molecule has 1 aromatic heterocycles. The van der Waals surface area contributed by atoms with E-state index in [0.29, 0.717) is 6.04 Å². The van der Waals surface area contributed by atoms with Crippen LogP contribution < -0.4 is 15.1 Å². The van der Waals surface area contributed by atoms with Gasteiger partial charge in [0.2, 0.25) is 0 Å². The van der Waals surface area contributed by atoms with Crippen molar-refractivity contribution in [3.8, 4) is 0 Å². The standard InChI is InChI=1S/C22H31N5/c1-17-7-6-10-20(15-17)26-11-13-27(14-12-26)22-16-21(23-18(2)24-22)25-19-8-4-3-5-9-19/h6-7,10,15-16,19H,3-5,8-9,11-14H2,1-2H3,(H,23,24,25). The third kappa shape index (κ3) is 4.52. The number of nitrogens with zero attached hydrogens (tertiary/aromatic N) is 4. The molecule has 0 bridgehead atoms. The molecule has 5 heteroatoms. The Morgan fingerprint density at radius 3 is 2.37 bits per heavy atom. The Morgan fingerprint density at radius 1 is 0.889 bits per heavy atom. The lowest BCUT2D eigenvalue weighted by Gasteiger charge is -2.37. The third-order valence-electron chi connectivity index (χ3n) is 5.75. The first-order valence-electron chi connectivity index (χ1n) is 10.4.